The molecule has 5 N–H and O–H groups in total. The van der Waals surface area contributed by atoms with E-state index < -0.39 is 43.4 Å². The van der Waals surface area contributed by atoms with Crippen LogP contribution in [0.4, 0.5) is 4.79 Å². The van der Waals surface area contributed by atoms with Crippen molar-refractivity contribution in [2.24, 2.45) is 11.8 Å². The number of benzene rings is 1. The first kappa shape index (κ1) is 27.8. The number of hydrogen-bond acceptors (Lipinski definition) is 8. The highest BCUT2D eigenvalue weighted by molar-refractivity contribution is 5.66. The summed E-state index contributed by atoms with van der Waals surface area (Å²) in [5.74, 6) is 6.51. The number of aliphatic hydroxyl groups excluding tert-OH is 4. The molecule has 10 nitrogen and oxygen atoms in total. The van der Waals surface area contributed by atoms with Crippen molar-refractivity contribution in [1.29, 1.82) is 0 Å². The van der Waals surface area contributed by atoms with Gasteiger partial charge in [-0.25, -0.2) is 4.79 Å². The first-order chi connectivity index (χ1) is 17.8. The molecule has 0 aromatic heterocycles. The molecule has 0 spiro atoms. The first-order valence-electron chi connectivity index (χ1n) is 12.9. The van der Waals surface area contributed by atoms with Crippen molar-refractivity contribution in [3.8, 4) is 11.8 Å². The number of aryl methyl sites for hydroxylation is 1. The number of hydrogen-bond donors (Lipinski definition) is 5. The van der Waals surface area contributed by atoms with E-state index in [-0.39, 0.29) is 37.2 Å². The van der Waals surface area contributed by atoms with Crippen LogP contribution in [0.15, 0.2) is 24.3 Å². The van der Waals surface area contributed by atoms with Crippen molar-refractivity contribution >= 4 is 6.09 Å². The van der Waals surface area contributed by atoms with Crippen LogP contribution in [-0.2, 0) is 14.2 Å². The van der Waals surface area contributed by atoms with Gasteiger partial charge >= 0.3 is 6.09 Å². The summed E-state index contributed by atoms with van der Waals surface area (Å²) in [5.41, 5.74) is 2.09. The molecule has 1 saturated carbocycles. The second kappa shape index (κ2) is 12.5. The van der Waals surface area contributed by atoms with E-state index in [0.717, 1.165) is 24.8 Å². The zero-order valence-electron chi connectivity index (χ0n) is 21.0. The molecule has 1 aliphatic carbocycles. The molecule has 2 aliphatic heterocycles. The second-order valence-corrected chi connectivity index (χ2v) is 10.1. The average Bonchev–Trinajstić information content (AvgIpc) is 3.27. The number of rotatable bonds is 7. The standard InChI is InChI=1S/C27H37NO9/c1-16-8-10-17(11-9-16)4-2-5-18-14-28(27(33)34)19-6-3-7-20(22(18)19)35-12-13-36-26-25(32)24(31)23(30)21(15-29)37-26/h8-11,18-26,29-32H,3,5-7,12-15H2,1H3,(H,33,34)/t18?,19?,20?,21-,22?,23-,24-,25+,26+/m1/s1. The van der Waals surface area contributed by atoms with Crippen molar-refractivity contribution in [1.82, 2.24) is 4.90 Å². The van der Waals surface area contributed by atoms with E-state index in [4.69, 9.17) is 14.2 Å². The topological polar surface area (TPSA) is 149 Å². The Hall–Kier alpha value is -2.23. The Morgan fingerprint density at radius 2 is 1.81 bits per heavy atom. The lowest BCUT2D eigenvalue weighted by Crippen LogP contribution is -2.59. The molecule has 2 saturated heterocycles. The Balaban J connectivity index is 1.35. The molecule has 10 heteroatoms. The monoisotopic (exact) mass is 519 g/mol. The minimum atomic E-state index is -1.50. The van der Waals surface area contributed by atoms with Crippen LogP contribution in [0.25, 0.3) is 0 Å². The summed E-state index contributed by atoms with van der Waals surface area (Å²) in [5, 5.41) is 49.1. The highest BCUT2D eigenvalue weighted by Crippen LogP contribution is 2.42. The molecular weight excluding hydrogens is 482 g/mol. The number of amides is 1. The fourth-order valence-corrected chi connectivity index (χ4v) is 5.76. The number of nitrogens with zero attached hydrogens (tertiary/aromatic N) is 1. The number of likely N-dealkylation sites (tertiary alicyclic amines) is 1. The Labute approximate surface area is 216 Å². The summed E-state index contributed by atoms with van der Waals surface area (Å²) >= 11 is 0. The third-order valence-electron chi connectivity index (χ3n) is 7.68. The number of aliphatic hydroxyl groups is 4. The molecule has 4 rings (SSSR count). The molecule has 1 aromatic rings. The van der Waals surface area contributed by atoms with Gasteiger partial charge in [-0.1, -0.05) is 29.5 Å². The predicted octanol–water partition coefficient (Wildman–Crippen LogP) is 0.717. The third kappa shape index (κ3) is 6.44. The summed E-state index contributed by atoms with van der Waals surface area (Å²) < 4.78 is 17.1. The quantitative estimate of drug-likeness (QED) is 0.259. The highest BCUT2D eigenvalue weighted by Gasteiger charge is 2.49. The van der Waals surface area contributed by atoms with Crippen LogP contribution in [0.5, 0.6) is 0 Å². The van der Waals surface area contributed by atoms with E-state index in [1.165, 1.54) is 10.5 Å². The van der Waals surface area contributed by atoms with Gasteiger partial charge < -0.3 is 44.6 Å². The van der Waals surface area contributed by atoms with Gasteiger partial charge in [0.25, 0.3) is 0 Å². The van der Waals surface area contributed by atoms with Gasteiger partial charge in [0.15, 0.2) is 6.29 Å². The smallest absolute Gasteiger partial charge is 0.407 e. The van der Waals surface area contributed by atoms with Crippen molar-refractivity contribution in [3.05, 3.63) is 35.4 Å². The van der Waals surface area contributed by atoms with Gasteiger partial charge in [0.1, 0.15) is 24.4 Å². The number of carboxylic acid groups (broad SMARTS) is 1. The van der Waals surface area contributed by atoms with Crippen LogP contribution in [-0.4, -0.2) is 106 Å². The maximum absolute atomic E-state index is 11.9. The fourth-order valence-electron chi connectivity index (χ4n) is 5.76. The zero-order valence-corrected chi connectivity index (χ0v) is 21.0. The van der Waals surface area contributed by atoms with Gasteiger partial charge in [-0.05, 0) is 44.2 Å². The largest absolute Gasteiger partial charge is 0.465 e. The molecule has 0 bridgehead atoms. The molecule has 3 fully saturated rings. The van der Waals surface area contributed by atoms with Crippen molar-refractivity contribution < 1.29 is 44.5 Å². The van der Waals surface area contributed by atoms with Crippen LogP contribution in [0.2, 0.25) is 0 Å². The van der Waals surface area contributed by atoms with Gasteiger partial charge in [-0.15, -0.1) is 0 Å². The maximum Gasteiger partial charge on any atom is 0.407 e. The normalized spacial score (nSPS) is 35.5. The number of ether oxygens (including phenoxy) is 3. The molecule has 204 valence electrons. The number of fused-ring (bicyclic) bond motifs is 1. The van der Waals surface area contributed by atoms with Crippen LogP contribution in [0, 0.1) is 30.6 Å². The zero-order chi connectivity index (χ0) is 26.5. The van der Waals surface area contributed by atoms with Crippen molar-refractivity contribution in [2.45, 2.75) is 75.5 Å². The maximum atomic E-state index is 11.9. The van der Waals surface area contributed by atoms with Gasteiger partial charge in [0.05, 0.1) is 25.9 Å². The third-order valence-corrected chi connectivity index (χ3v) is 7.68. The average molecular weight is 520 g/mol. The van der Waals surface area contributed by atoms with Gasteiger partial charge in [-0.3, -0.25) is 0 Å². The van der Waals surface area contributed by atoms with E-state index in [2.05, 4.69) is 11.8 Å². The Morgan fingerprint density at radius 3 is 2.51 bits per heavy atom. The molecule has 9 atom stereocenters. The van der Waals surface area contributed by atoms with E-state index in [1.807, 2.05) is 31.2 Å². The van der Waals surface area contributed by atoms with Gasteiger partial charge in [-0.2, -0.15) is 0 Å². The van der Waals surface area contributed by atoms with Crippen LogP contribution >= 0.6 is 0 Å². The Bertz CT molecular complexity index is 959. The molecule has 4 unspecified atom stereocenters. The predicted molar refractivity (Wildman–Crippen MR) is 131 cm³/mol. The molecule has 3 aliphatic rings. The molecule has 37 heavy (non-hydrogen) atoms. The van der Waals surface area contributed by atoms with Crippen molar-refractivity contribution in [2.75, 3.05) is 26.4 Å². The first-order valence-corrected chi connectivity index (χ1v) is 12.9. The minimum absolute atomic E-state index is 0.0180. The Kier molecular flexibility index (Phi) is 9.42. The Morgan fingerprint density at radius 1 is 1.08 bits per heavy atom. The second-order valence-electron chi connectivity index (χ2n) is 10.1. The lowest BCUT2D eigenvalue weighted by molar-refractivity contribution is -0.303. The summed E-state index contributed by atoms with van der Waals surface area (Å²) in [6.45, 7) is 2.15. The van der Waals surface area contributed by atoms with E-state index in [1.54, 1.807) is 0 Å². The fraction of sp³-hybridized carbons (Fsp3) is 0.667. The minimum Gasteiger partial charge on any atom is -0.465 e. The van der Waals surface area contributed by atoms with Gasteiger partial charge in [0.2, 0.25) is 0 Å². The lowest BCUT2D eigenvalue weighted by atomic mass is 9.76. The summed E-state index contributed by atoms with van der Waals surface area (Å²) in [7, 11) is 0. The van der Waals surface area contributed by atoms with Crippen molar-refractivity contribution in [3.63, 3.8) is 0 Å². The van der Waals surface area contributed by atoms with E-state index in [9.17, 15) is 30.3 Å². The molecule has 1 aromatic carbocycles. The highest BCUT2D eigenvalue weighted by atomic mass is 16.7. The van der Waals surface area contributed by atoms with Crippen LogP contribution < -0.4 is 0 Å². The lowest BCUT2D eigenvalue weighted by Gasteiger charge is -2.40. The summed E-state index contributed by atoms with van der Waals surface area (Å²) in [4.78, 5) is 13.5. The molecular formula is C27H37NO9. The van der Waals surface area contributed by atoms with E-state index >= 15 is 0 Å². The summed E-state index contributed by atoms with van der Waals surface area (Å²) in [6.07, 6.45) is -4.72. The summed E-state index contributed by atoms with van der Waals surface area (Å²) in [6, 6.07) is 7.86. The molecule has 0 radical (unpaired) electrons. The van der Waals surface area contributed by atoms with Crippen LogP contribution in [0.3, 0.4) is 0 Å². The van der Waals surface area contributed by atoms with Gasteiger partial charge in [0, 0.05) is 30.5 Å². The van der Waals surface area contributed by atoms with E-state index in [0.29, 0.717) is 13.0 Å². The molecule has 2 heterocycles. The SMILES string of the molecule is Cc1ccc(C#CCC2CN(C(=O)O)C3CCCC(OCCO[C@H]4O[C@H](CO)[C@@H](O)[C@@H](O)[C@@H]4O)C23)cc1. The molecule has 1 amide bonds. The van der Waals surface area contributed by atoms with Crippen LogP contribution in [0.1, 0.15) is 36.8 Å². The number of carbonyl (C=O) groups is 1.